The van der Waals surface area contributed by atoms with Crippen LogP contribution < -0.4 is 0 Å². The van der Waals surface area contributed by atoms with Crippen LogP contribution >= 0.6 is 0 Å². The van der Waals surface area contributed by atoms with Gasteiger partial charge in [0, 0.05) is 19.3 Å². The second-order valence-electron chi connectivity index (χ2n) is 5.89. The van der Waals surface area contributed by atoms with Crippen LogP contribution in [-0.2, 0) is 6.42 Å². The van der Waals surface area contributed by atoms with Crippen LogP contribution in [0, 0.1) is 11.7 Å². The molecule has 1 aliphatic heterocycles. The highest BCUT2D eigenvalue weighted by molar-refractivity contribution is 5.92. The van der Waals surface area contributed by atoms with E-state index in [2.05, 4.69) is 10.2 Å². The van der Waals surface area contributed by atoms with Crippen LogP contribution in [0.2, 0.25) is 0 Å². The van der Waals surface area contributed by atoms with Gasteiger partial charge in [-0.05, 0) is 55.4 Å². The molecule has 1 fully saturated rings. The summed E-state index contributed by atoms with van der Waals surface area (Å²) in [4.78, 5) is 14.2. The minimum absolute atomic E-state index is 0.0315. The highest BCUT2D eigenvalue weighted by Gasteiger charge is 2.24. The van der Waals surface area contributed by atoms with Gasteiger partial charge in [0.2, 0.25) is 0 Å². The number of H-pyrrole nitrogens is 1. The van der Waals surface area contributed by atoms with Gasteiger partial charge in [0.25, 0.3) is 5.91 Å². The van der Waals surface area contributed by atoms with Gasteiger partial charge in [0.05, 0.1) is 0 Å². The largest absolute Gasteiger partial charge is 0.337 e. The van der Waals surface area contributed by atoms with E-state index in [-0.39, 0.29) is 11.7 Å². The van der Waals surface area contributed by atoms with E-state index in [0.29, 0.717) is 11.6 Å². The molecular formula is C17H20FN3O. The van der Waals surface area contributed by atoms with Gasteiger partial charge in [-0.15, -0.1) is 0 Å². The van der Waals surface area contributed by atoms with Gasteiger partial charge in [-0.2, -0.15) is 5.10 Å². The zero-order valence-electron chi connectivity index (χ0n) is 12.5. The molecule has 1 atom stereocenters. The van der Waals surface area contributed by atoms with Crippen LogP contribution in [0.1, 0.15) is 35.3 Å². The topological polar surface area (TPSA) is 49.0 Å². The van der Waals surface area contributed by atoms with Crippen molar-refractivity contribution in [2.45, 2.75) is 25.7 Å². The number of benzene rings is 1. The summed E-state index contributed by atoms with van der Waals surface area (Å²) in [6.07, 6.45) is 5.74. The maximum absolute atomic E-state index is 12.9. The SMILES string of the molecule is O=C(c1ccn[nH]1)N1CCC[C@@H](CCc2ccc(F)cc2)C1. The first kappa shape index (κ1) is 14.8. The lowest BCUT2D eigenvalue weighted by Gasteiger charge is -2.32. The van der Waals surface area contributed by atoms with Gasteiger partial charge in [-0.25, -0.2) is 4.39 Å². The second kappa shape index (κ2) is 6.73. The van der Waals surface area contributed by atoms with Gasteiger partial charge < -0.3 is 4.90 Å². The van der Waals surface area contributed by atoms with Crippen LogP contribution in [0.5, 0.6) is 0 Å². The van der Waals surface area contributed by atoms with Crippen LogP contribution in [0.4, 0.5) is 4.39 Å². The fourth-order valence-corrected chi connectivity index (χ4v) is 3.05. The Morgan fingerprint density at radius 1 is 1.32 bits per heavy atom. The first-order chi connectivity index (χ1) is 10.7. The van der Waals surface area contributed by atoms with Crippen molar-refractivity contribution in [3.8, 4) is 0 Å². The van der Waals surface area contributed by atoms with E-state index in [1.54, 1.807) is 12.3 Å². The van der Waals surface area contributed by atoms with Crippen molar-refractivity contribution in [2.24, 2.45) is 5.92 Å². The number of carbonyl (C=O) groups excluding carboxylic acids is 1. The molecule has 4 nitrogen and oxygen atoms in total. The zero-order chi connectivity index (χ0) is 15.4. The van der Waals surface area contributed by atoms with Gasteiger partial charge in [0.15, 0.2) is 0 Å². The summed E-state index contributed by atoms with van der Waals surface area (Å²) in [5, 5.41) is 6.57. The van der Waals surface area contributed by atoms with E-state index in [1.165, 1.54) is 12.1 Å². The maximum atomic E-state index is 12.9. The molecule has 1 amide bonds. The summed E-state index contributed by atoms with van der Waals surface area (Å²) >= 11 is 0. The Hall–Kier alpha value is -2.17. The fourth-order valence-electron chi connectivity index (χ4n) is 3.05. The number of aryl methyl sites for hydroxylation is 1. The van der Waals surface area contributed by atoms with E-state index in [4.69, 9.17) is 0 Å². The van der Waals surface area contributed by atoms with Gasteiger partial charge in [-0.3, -0.25) is 9.89 Å². The predicted molar refractivity (Wildman–Crippen MR) is 81.9 cm³/mol. The van der Waals surface area contributed by atoms with Gasteiger partial charge in [-0.1, -0.05) is 12.1 Å². The van der Waals surface area contributed by atoms with Crippen molar-refractivity contribution in [1.82, 2.24) is 15.1 Å². The number of amides is 1. The monoisotopic (exact) mass is 301 g/mol. The summed E-state index contributed by atoms with van der Waals surface area (Å²) in [6, 6.07) is 8.40. The van der Waals surface area contributed by atoms with E-state index in [1.807, 2.05) is 17.0 Å². The lowest BCUT2D eigenvalue weighted by molar-refractivity contribution is 0.0662. The standard InChI is InChI=1S/C17H20FN3O/c18-15-7-5-13(6-8-15)3-4-14-2-1-11-21(12-14)17(22)16-9-10-19-20-16/h5-10,14H,1-4,11-12H2,(H,19,20)/t14-/m0/s1. The minimum atomic E-state index is -0.197. The third-order valence-electron chi connectivity index (χ3n) is 4.29. The predicted octanol–water partition coefficient (Wildman–Crippen LogP) is 3.03. The summed E-state index contributed by atoms with van der Waals surface area (Å²) in [7, 11) is 0. The summed E-state index contributed by atoms with van der Waals surface area (Å²) in [5.41, 5.74) is 1.71. The average molecular weight is 301 g/mol. The Morgan fingerprint density at radius 2 is 2.14 bits per heavy atom. The number of nitrogens with one attached hydrogen (secondary N) is 1. The van der Waals surface area contributed by atoms with Crippen molar-refractivity contribution >= 4 is 5.91 Å². The lowest BCUT2D eigenvalue weighted by atomic mass is 9.91. The number of piperidine rings is 1. The molecule has 22 heavy (non-hydrogen) atoms. The number of hydrogen-bond donors (Lipinski definition) is 1. The normalized spacial score (nSPS) is 18.4. The molecular weight excluding hydrogens is 281 g/mol. The van der Waals surface area contributed by atoms with Crippen LogP contribution in [0.25, 0.3) is 0 Å². The van der Waals surface area contributed by atoms with E-state index in [0.717, 1.165) is 44.3 Å². The third-order valence-corrected chi connectivity index (χ3v) is 4.29. The smallest absolute Gasteiger partial charge is 0.271 e. The Kier molecular flexibility index (Phi) is 4.51. The molecule has 3 rings (SSSR count). The molecule has 2 aromatic rings. The first-order valence-electron chi connectivity index (χ1n) is 7.75. The van der Waals surface area contributed by atoms with E-state index in [9.17, 15) is 9.18 Å². The highest BCUT2D eigenvalue weighted by Crippen LogP contribution is 2.22. The van der Waals surface area contributed by atoms with Crippen LogP contribution in [-0.4, -0.2) is 34.1 Å². The third kappa shape index (κ3) is 3.53. The van der Waals surface area contributed by atoms with Crippen LogP contribution in [0.3, 0.4) is 0 Å². The molecule has 1 N–H and O–H groups in total. The number of aromatic nitrogens is 2. The highest BCUT2D eigenvalue weighted by atomic mass is 19.1. The summed E-state index contributed by atoms with van der Waals surface area (Å²) < 4.78 is 12.9. The molecule has 2 heterocycles. The van der Waals surface area contributed by atoms with Gasteiger partial charge >= 0.3 is 0 Å². The number of aromatic amines is 1. The number of nitrogens with zero attached hydrogens (tertiary/aromatic N) is 2. The maximum Gasteiger partial charge on any atom is 0.271 e. The molecule has 0 bridgehead atoms. The number of likely N-dealkylation sites (tertiary alicyclic amines) is 1. The Morgan fingerprint density at radius 3 is 2.86 bits per heavy atom. The zero-order valence-corrected chi connectivity index (χ0v) is 12.5. The van der Waals surface area contributed by atoms with Crippen LogP contribution in [0.15, 0.2) is 36.5 Å². The van der Waals surface area contributed by atoms with Crippen molar-refractivity contribution in [3.05, 3.63) is 53.6 Å². The van der Waals surface area contributed by atoms with E-state index >= 15 is 0 Å². The quantitative estimate of drug-likeness (QED) is 0.943. The Labute approximate surface area is 129 Å². The molecule has 0 aliphatic carbocycles. The average Bonchev–Trinajstić information content (AvgIpc) is 3.08. The number of halogens is 1. The molecule has 0 radical (unpaired) electrons. The summed E-state index contributed by atoms with van der Waals surface area (Å²) in [5.74, 6) is 0.340. The van der Waals surface area contributed by atoms with Crippen molar-refractivity contribution in [3.63, 3.8) is 0 Å². The number of hydrogen-bond acceptors (Lipinski definition) is 2. The molecule has 116 valence electrons. The molecule has 1 aliphatic rings. The van der Waals surface area contributed by atoms with Crippen molar-refractivity contribution in [1.29, 1.82) is 0 Å². The van der Waals surface area contributed by atoms with E-state index < -0.39 is 0 Å². The molecule has 0 spiro atoms. The lowest BCUT2D eigenvalue weighted by Crippen LogP contribution is -2.40. The first-order valence-corrected chi connectivity index (χ1v) is 7.75. The van der Waals surface area contributed by atoms with Gasteiger partial charge in [0.1, 0.15) is 11.5 Å². The molecule has 1 aromatic carbocycles. The minimum Gasteiger partial charge on any atom is -0.337 e. The van der Waals surface area contributed by atoms with Crippen molar-refractivity contribution in [2.75, 3.05) is 13.1 Å². The fraction of sp³-hybridized carbons (Fsp3) is 0.412. The Bertz CT molecular complexity index is 609. The molecule has 5 heteroatoms. The molecule has 0 unspecified atom stereocenters. The van der Waals surface area contributed by atoms with Crippen molar-refractivity contribution < 1.29 is 9.18 Å². The number of carbonyl (C=O) groups is 1. The summed E-state index contributed by atoms with van der Waals surface area (Å²) in [6.45, 7) is 1.60. The molecule has 1 saturated heterocycles. The number of rotatable bonds is 4. The molecule has 0 saturated carbocycles. The molecule has 1 aromatic heterocycles. The Balaban J connectivity index is 1.54. The second-order valence-corrected chi connectivity index (χ2v) is 5.89.